The molecule has 0 aliphatic rings. The fourth-order valence-electron chi connectivity index (χ4n) is 1.91. The van der Waals surface area contributed by atoms with Crippen LogP contribution in [0.25, 0.3) is 11.0 Å². The Hall–Kier alpha value is -1.93. The third-order valence-electron chi connectivity index (χ3n) is 3.58. The van der Waals surface area contributed by atoms with Crippen LogP contribution in [0.1, 0.15) is 20.3 Å². The van der Waals surface area contributed by atoms with Gasteiger partial charge in [-0.3, -0.25) is 9.59 Å². The normalized spacial score (nSPS) is 13.7. The zero-order valence-electron chi connectivity index (χ0n) is 12.0. The van der Waals surface area contributed by atoms with Gasteiger partial charge in [-0.2, -0.15) is 4.31 Å². The number of aromatic nitrogens is 2. The molecule has 0 spiro atoms. The maximum Gasteiger partial charge on any atom is 0.314 e. The third kappa shape index (κ3) is 2.77. The van der Waals surface area contributed by atoms with Crippen LogP contribution < -0.4 is 11.1 Å². The van der Waals surface area contributed by atoms with Gasteiger partial charge >= 0.3 is 11.1 Å². The van der Waals surface area contributed by atoms with Gasteiger partial charge in [0.05, 0.1) is 15.9 Å². The van der Waals surface area contributed by atoms with Crippen molar-refractivity contribution in [1.82, 2.24) is 14.3 Å². The number of nitrogens with zero attached hydrogens (tertiary/aromatic N) is 1. The molecule has 21 heavy (non-hydrogen) atoms. The lowest BCUT2D eigenvalue weighted by atomic mass is 10.3. The van der Waals surface area contributed by atoms with Gasteiger partial charge in [0, 0.05) is 13.1 Å². The molecular formula is C13H17N3O4S. The maximum absolute atomic E-state index is 12.5. The SMILES string of the molecule is CC[C@@H](C)N(C)S(=O)(=O)c1ccc2[nH]c(=O)c(=O)[nH]c2c1. The molecule has 1 heterocycles. The van der Waals surface area contributed by atoms with Crippen LogP contribution in [0, 0.1) is 0 Å². The average Bonchev–Trinajstić information content (AvgIpc) is 2.46. The van der Waals surface area contributed by atoms with E-state index in [9.17, 15) is 18.0 Å². The van der Waals surface area contributed by atoms with E-state index < -0.39 is 21.1 Å². The van der Waals surface area contributed by atoms with E-state index >= 15 is 0 Å². The van der Waals surface area contributed by atoms with Gasteiger partial charge in [-0.15, -0.1) is 0 Å². The Bertz CT molecular complexity index is 882. The Morgan fingerprint density at radius 3 is 2.29 bits per heavy atom. The first-order valence-electron chi connectivity index (χ1n) is 6.51. The lowest BCUT2D eigenvalue weighted by Crippen LogP contribution is -2.34. The van der Waals surface area contributed by atoms with Crippen LogP contribution in [0.2, 0.25) is 0 Å². The molecule has 0 saturated heterocycles. The van der Waals surface area contributed by atoms with Crippen LogP contribution in [0.3, 0.4) is 0 Å². The van der Waals surface area contributed by atoms with Gasteiger partial charge in [-0.05, 0) is 31.5 Å². The fourth-order valence-corrected chi connectivity index (χ4v) is 3.38. The van der Waals surface area contributed by atoms with Crippen molar-refractivity contribution < 1.29 is 8.42 Å². The number of benzene rings is 1. The van der Waals surface area contributed by atoms with Crippen molar-refractivity contribution in [3.63, 3.8) is 0 Å². The number of fused-ring (bicyclic) bond motifs is 1. The van der Waals surface area contributed by atoms with E-state index in [4.69, 9.17) is 0 Å². The van der Waals surface area contributed by atoms with E-state index in [1.165, 1.54) is 29.6 Å². The van der Waals surface area contributed by atoms with Gasteiger partial charge in [0.15, 0.2) is 0 Å². The molecule has 8 heteroatoms. The van der Waals surface area contributed by atoms with Crippen LogP contribution in [-0.2, 0) is 10.0 Å². The zero-order valence-corrected chi connectivity index (χ0v) is 12.8. The monoisotopic (exact) mass is 311 g/mol. The topological polar surface area (TPSA) is 103 Å². The van der Waals surface area contributed by atoms with Gasteiger partial charge in [0.2, 0.25) is 10.0 Å². The second kappa shape index (κ2) is 5.45. The standard InChI is InChI=1S/C13H17N3O4S/c1-4-8(2)16(3)21(19,20)9-5-6-10-11(7-9)15-13(18)12(17)14-10/h5-8H,4H2,1-3H3,(H,14,17)(H,15,18)/t8-/m1/s1. The van der Waals surface area contributed by atoms with E-state index in [1.54, 1.807) is 0 Å². The second-order valence-corrected chi connectivity index (χ2v) is 6.89. The van der Waals surface area contributed by atoms with Crippen LogP contribution >= 0.6 is 0 Å². The first-order valence-corrected chi connectivity index (χ1v) is 7.95. The highest BCUT2D eigenvalue weighted by Crippen LogP contribution is 2.20. The number of sulfonamides is 1. The highest BCUT2D eigenvalue weighted by molar-refractivity contribution is 7.89. The van der Waals surface area contributed by atoms with Crippen LogP contribution in [-0.4, -0.2) is 35.8 Å². The molecule has 0 aliphatic heterocycles. The summed E-state index contributed by atoms with van der Waals surface area (Å²) in [4.78, 5) is 27.4. The number of aromatic amines is 2. The van der Waals surface area contributed by atoms with Gasteiger partial charge in [-0.1, -0.05) is 6.92 Å². The number of hydrogen-bond acceptors (Lipinski definition) is 4. The number of nitrogens with one attached hydrogen (secondary N) is 2. The zero-order chi connectivity index (χ0) is 15.8. The minimum atomic E-state index is -3.65. The van der Waals surface area contributed by atoms with Crippen molar-refractivity contribution in [2.24, 2.45) is 0 Å². The molecule has 2 aromatic rings. The Morgan fingerprint density at radius 1 is 1.14 bits per heavy atom. The van der Waals surface area contributed by atoms with Crippen LogP contribution in [0.15, 0.2) is 32.7 Å². The molecule has 1 aromatic heterocycles. The summed E-state index contributed by atoms with van der Waals surface area (Å²) in [6, 6.07) is 4.08. The summed E-state index contributed by atoms with van der Waals surface area (Å²) < 4.78 is 26.3. The van der Waals surface area contributed by atoms with Crippen molar-refractivity contribution in [2.75, 3.05) is 7.05 Å². The molecular weight excluding hydrogens is 294 g/mol. The van der Waals surface area contributed by atoms with Crippen molar-refractivity contribution in [3.8, 4) is 0 Å². The Kier molecular flexibility index (Phi) is 4.02. The molecule has 0 aliphatic carbocycles. The van der Waals surface area contributed by atoms with Crippen molar-refractivity contribution in [3.05, 3.63) is 38.9 Å². The van der Waals surface area contributed by atoms with E-state index in [1.807, 2.05) is 13.8 Å². The average molecular weight is 311 g/mol. The number of hydrogen-bond donors (Lipinski definition) is 2. The fraction of sp³-hybridized carbons (Fsp3) is 0.385. The molecule has 0 bridgehead atoms. The highest BCUT2D eigenvalue weighted by atomic mass is 32.2. The van der Waals surface area contributed by atoms with Crippen LogP contribution in [0.4, 0.5) is 0 Å². The molecule has 0 amide bonds. The molecule has 2 N–H and O–H groups in total. The smallest absolute Gasteiger partial charge is 0.314 e. The van der Waals surface area contributed by atoms with E-state index in [0.717, 1.165) is 0 Å². The molecule has 1 aromatic carbocycles. The number of H-pyrrole nitrogens is 2. The van der Waals surface area contributed by atoms with Gasteiger partial charge in [0.1, 0.15) is 0 Å². The minimum Gasteiger partial charge on any atom is -0.316 e. The predicted molar refractivity (Wildman–Crippen MR) is 79.9 cm³/mol. The summed E-state index contributed by atoms with van der Waals surface area (Å²) in [6.45, 7) is 3.72. The van der Waals surface area contributed by atoms with Gasteiger partial charge < -0.3 is 9.97 Å². The summed E-state index contributed by atoms with van der Waals surface area (Å²) >= 11 is 0. The first kappa shape index (κ1) is 15.5. The predicted octanol–water partition coefficient (Wildman–Crippen LogP) is 0.635. The molecule has 0 unspecified atom stereocenters. The lowest BCUT2D eigenvalue weighted by Gasteiger charge is -2.23. The van der Waals surface area contributed by atoms with Gasteiger partial charge in [0.25, 0.3) is 0 Å². The summed E-state index contributed by atoms with van der Waals surface area (Å²) in [5.74, 6) is 0. The minimum absolute atomic E-state index is 0.0699. The molecule has 0 radical (unpaired) electrons. The molecule has 7 nitrogen and oxygen atoms in total. The molecule has 114 valence electrons. The Balaban J connectivity index is 2.60. The lowest BCUT2D eigenvalue weighted by molar-refractivity contribution is 0.380. The molecule has 1 atom stereocenters. The Morgan fingerprint density at radius 2 is 1.71 bits per heavy atom. The van der Waals surface area contributed by atoms with Crippen LogP contribution in [0.5, 0.6) is 0 Å². The van der Waals surface area contributed by atoms with E-state index in [2.05, 4.69) is 9.97 Å². The number of rotatable bonds is 4. The van der Waals surface area contributed by atoms with Crippen molar-refractivity contribution in [2.45, 2.75) is 31.2 Å². The highest BCUT2D eigenvalue weighted by Gasteiger charge is 2.24. The largest absolute Gasteiger partial charge is 0.316 e. The summed E-state index contributed by atoms with van der Waals surface area (Å²) in [6.07, 6.45) is 0.688. The molecule has 0 fully saturated rings. The first-order chi connectivity index (χ1) is 9.77. The van der Waals surface area contributed by atoms with Crippen molar-refractivity contribution >= 4 is 21.1 Å². The van der Waals surface area contributed by atoms with E-state index in [-0.39, 0.29) is 16.5 Å². The summed E-state index contributed by atoms with van der Waals surface area (Å²) in [7, 11) is -2.13. The van der Waals surface area contributed by atoms with Gasteiger partial charge in [-0.25, -0.2) is 8.42 Å². The summed E-state index contributed by atoms with van der Waals surface area (Å²) in [5, 5.41) is 0. The van der Waals surface area contributed by atoms with E-state index in [0.29, 0.717) is 11.9 Å². The molecule has 0 saturated carbocycles. The maximum atomic E-state index is 12.5. The Labute approximate surface area is 121 Å². The summed E-state index contributed by atoms with van der Waals surface area (Å²) in [5.41, 5.74) is -0.926. The second-order valence-electron chi connectivity index (χ2n) is 4.89. The third-order valence-corrected chi connectivity index (χ3v) is 5.55. The van der Waals surface area contributed by atoms with Crippen molar-refractivity contribution in [1.29, 1.82) is 0 Å². The molecule has 2 rings (SSSR count). The quantitative estimate of drug-likeness (QED) is 0.808.